The molecule has 1 nitrogen and oxygen atoms in total. The first-order valence-corrected chi connectivity index (χ1v) is 3.58. The first-order chi connectivity index (χ1) is 5.45. The van der Waals surface area contributed by atoms with Crippen molar-refractivity contribution in [3.05, 3.63) is 0 Å². The predicted molar refractivity (Wildman–Crippen MR) is 38.4 cm³/mol. The fourth-order valence-corrected chi connectivity index (χ4v) is 0.540. The van der Waals surface area contributed by atoms with Crippen LogP contribution in [0.3, 0.4) is 0 Å². The molecule has 0 heterocycles. The Kier molecular flexibility index (Phi) is 4.42. The first-order valence-electron chi connectivity index (χ1n) is 3.58. The van der Waals surface area contributed by atoms with Crippen LogP contribution in [0.15, 0.2) is 0 Å². The van der Waals surface area contributed by atoms with Gasteiger partial charge in [-0.15, -0.1) is 0 Å². The molecule has 0 aromatic rings. The molecule has 0 fully saturated rings. The number of Topliss-reactive ketones (excluding diaryl/α,β-unsaturated/α-hetero) is 1. The summed E-state index contributed by atoms with van der Waals surface area (Å²) in [6, 6.07) is 0. The minimum Gasteiger partial charge on any atom is -0.285 e. The van der Waals surface area contributed by atoms with Crippen LogP contribution in [0.1, 0.15) is 26.2 Å². The molecule has 0 aromatic heterocycles. The van der Waals surface area contributed by atoms with Crippen LogP contribution in [0.5, 0.6) is 0 Å². The maximum absolute atomic E-state index is 11.4. The van der Waals surface area contributed by atoms with Gasteiger partial charge in [0.1, 0.15) is 0 Å². The molecular formula is C8H9F3O. The summed E-state index contributed by atoms with van der Waals surface area (Å²) >= 11 is 0. The fraction of sp³-hybridized carbons (Fsp3) is 0.625. The molecule has 0 saturated heterocycles. The number of carbonyl (C=O) groups is 1. The minimum atomic E-state index is -4.55. The summed E-state index contributed by atoms with van der Waals surface area (Å²) in [5.41, 5.74) is 0. The fourth-order valence-electron chi connectivity index (χ4n) is 0.540. The van der Waals surface area contributed by atoms with Gasteiger partial charge in [-0.25, -0.2) is 0 Å². The number of ketones is 1. The second-order valence-corrected chi connectivity index (χ2v) is 2.27. The Bertz CT molecular complexity index is 207. The summed E-state index contributed by atoms with van der Waals surface area (Å²) in [4.78, 5) is 10.6. The van der Waals surface area contributed by atoms with E-state index in [0.717, 1.165) is 12.3 Å². The Hall–Kier alpha value is -0.980. The maximum atomic E-state index is 11.4. The summed E-state index contributed by atoms with van der Waals surface area (Å²) in [5.74, 6) is 1.83. The Balaban J connectivity index is 3.88. The van der Waals surface area contributed by atoms with Crippen LogP contribution in [-0.2, 0) is 4.79 Å². The Labute approximate surface area is 69.0 Å². The predicted octanol–water partition coefficient (Wildman–Crippen LogP) is 2.31. The lowest BCUT2D eigenvalue weighted by atomic mass is 10.2. The lowest BCUT2D eigenvalue weighted by Crippen LogP contribution is -2.03. The van der Waals surface area contributed by atoms with E-state index in [4.69, 9.17) is 0 Å². The van der Waals surface area contributed by atoms with Crippen LogP contribution in [0, 0.1) is 11.8 Å². The molecule has 0 N–H and O–H groups in total. The third-order valence-electron chi connectivity index (χ3n) is 1.10. The van der Waals surface area contributed by atoms with Gasteiger partial charge in [0.15, 0.2) is 0 Å². The van der Waals surface area contributed by atoms with Gasteiger partial charge in [0.05, 0.1) is 0 Å². The van der Waals surface area contributed by atoms with Crippen LogP contribution in [-0.4, -0.2) is 12.0 Å². The summed E-state index contributed by atoms with van der Waals surface area (Å²) in [6.45, 7) is 1.85. The molecule has 0 aliphatic carbocycles. The van der Waals surface area contributed by atoms with Gasteiger partial charge in [-0.1, -0.05) is 13.3 Å². The second kappa shape index (κ2) is 4.81. The molecule has 0 aliphatic rings. The van der Waals surface area contributed by atoms with Gasteiger partial charge >= 0.3 is 6.18 Å². The highest BCUT2D eigenvalue weighted by Gasteiger charge is 2.23. The van der Waals surface area contributed by atoms with Gasteiger partial charge in [0.25, 0.3) is 0 Å². The Morgan fingerprint density at radius 1 is 1.42 bits per heavy atom. The quantitative estimate of drug-likeness (QED) is 0.478. The van der Waals surface area contributed by atoms with Crippen LogP contribution < -0.4 is 0 Å². The number of alkyl halides is 3. The van der Waals surface area contributed by atoms with Crippen molar-refractivity contribution in [3.8, 4) is 11.8 Å². The number of hydrogen-bond acceptors (Lipinski definition) is 1. The third kappa shape index (κ3) is 7.13. The van der Waals surface area contributed by atoms with E-state index in [1.54, 1.807) is 5.92 Å². The molecule has 0 amide bonds. The van der Waals surface area contributed by atoms with E-state index in [1.165, 1.54) is 0 Å². The first kappa shape index (κ1) is 11.0. The molecule has 0 radical (unpaired) electrons. The molecule has 0 spiro atoms. The molecule has 68 valence electrons. The van der Waals surface area contributed by atoms with E-state index in [2.05, 4.69) is 0 Å². The summed E-state index contributed by atoms with van der Waals surface area (Å²) < 4.78 is 34.2. The number of unbranched alkanes of at least 4 members (excludes halogenated alkanes) is 1. The van der Waals surface area contributed by atoms with Crippen molar-refractivity contribution >= 4 is 5.78 Å². The zero-order valence-electron chi connectivity index (χ0n) is 6.66. The molecule has 0 rings (SSSR count). The molecular weight excluding hydrogens is 169 g/mol. The lowest BCUT2D eigenvalue weighted by molar-refractivity contribution is -0.114. The van der Waals surface area contributed by atoms with Gasteiger partial charge in [0, 0.05) is 12.3 Å². The highest BCUT2D eigenvalue weighted by molar-refractivity contribution is 5.95. The normalized spacial score (nSPS) is 10.3. The monoisotopic (exact) mass is 178 g/mol. The van der Waals surface area contributed by atoms with E-state index < -0.39 is 12.0 Å². The van der Waals surface area contributed by atoms with Gasteiger partial charge in [0.2, 0.25) is 5.78 Å². The largest absolute Gasteiger partial charge is 0.458 e. The van der Waals surface area contributed by atoms with Crippen molar-refractivity contribution in [1.29, 1.82) is 0 Å². The highest BCUT2D eigenvalue weighted by atomic mass is 19.4. The van der Waals surface area contributed by atoms with Crippen molar-refractivity contribution in [2.75, 3.05) is 0 Å². The third-order valence-corrected chi connectivity index (χ3v) is 1.10. The number of carbonyl (C=O) groups excluding carboxylic acids is 1. The molecule has 4 heteroatoms. The molecule has 0 unspecified atom stereocenters. The summed E-state index contributed by atoms with van der Waals surface area (Å²) in [5, 5.41) is 0. The second-order valence-electron chi connectivity index (χ2n) is 2.27. The zero-order chi connectivity index (χ0) is 9.61. The van der Waals surface area contributed by atoms with Crippen molar-refractivity contribution < 1.29 is 18.0 Å². The van der Waals surface area contributed by atoms with E-state index in [9.17, 15) is 18.0 Å². The van der Waals surface area contributed by atoms with E-state index >= 15 is 0 Å². The smallest absolute Gasteiger partial charge is 0.285 e. The van der Waals surface area contributed by atoms with E-state index in [-0.39, 0.29) is 6.42 Å². The van der Waals surface area contributed by atoms with Gasteiger partial charge in [-0.05, 0) is 12.3 Å². The number of hydrogen-bond donors (Lipinski definition) is 0. The average Bonchev–Trinajstić information content (AvgIpc) is 1.95. The Morgan fingerprint density at radius 3 is 2.42 bits per heavy atom. The van der Waals surface area contributed by atoms with Crippen LogP contribution in [0.25, 0.3) is 0 Å². The van der Waals surface area contributed by atoms with Gasteiger partial charge in [-0.2, -0.15) is 13.2 Å². The topological polar surface area (TPSA) is 17.1 Å². The minimum absolute atomic E-state index is 0.111. The molecule has 0 atom stereocenters. The van der Waals surface area contributed by atoms with Crippen LogP contribution >= 0.6 is 0 Å². The maximum Gasteiger partial charge on any atom is 0.458 e. The van der Waals surface area contributed by atoms with Crippen molar-refractivity contribution in [1.82, 2.24) is 0 Å². The van der Waals surface area contributed by atoms with Gasteiger partial charge in [-0.3, -0.25) is 4.79 Å². The highest BCUT2D eigenvalue weighted by Crippen LogP contribution is 2.11. The summed E-state index contributed by atoms with van der Waals surface area (Å²) in [7, 11) is 0. The molecule has 12 heavy (non-hydrogen) atoms. The molecule has 0 aliphatic heterocycles. The van der Waals surface area contributed by atoms with Crippen molar-refractivity contribution in [2.45, 2.75) is 32.4 Å². The lowest BCUT2D eigenvalue weighted by Gasteiger charge is -1.92. The van der Waals surface area contributed by atoms with Crippen LogP contribution in [0.2, 0.25) is 0 Å². The van der Waals surface area contributed by atoms with Crippen LogP contribution in [0.4, 0.5) is 13.2 Å². The van der Waals surface area contributed by atoms with E-state index in [0.29, 0.717) is 6.42 Å². The molecule has 0 bridgehead atoms. The Morgan fingerprint density at radius 2 is 2.00 bits per heavy atom. The number of halogens is 3. The van der Waals surface area contributed by atoms with Crippen molar-refractivity contribution in [2.24, 2.45) is 0 Å². The average molecular weight is 178 g/mol. The zero-order valence-corrected chi connectivity index (χ0v) is 6.66. The van der Waals surface area contributed by atoms with Gasteiger partial charge < -0.3 is 0 Å². The van der Waals surface area contributed by atoms with Crippen molar-refractivity contribution in [3.63, 3.8) is 0 Å². The number of rotatable bonds is 3. The molecule has 0 saturated carbocycles. The molecule has 0 aromatic carbocycles. The standard InChI is InChI=1S/C8H9F3O/c1-2-3-4-7(12)5-6-8(9,10)11/h2-4H2,1H3. The van der Waals surface area contributed by atoms with E-state index in [1.807, 2.05) is 6.92 Å². The summed E-state index contributed by atoms with van der Waals surface area (Å²) in [6.07, 6.45) is -3.08. The SMILES string of the molecule is CCCCC(=O)C#CC(F)(F)F.